The summed E-state index contributed by atoms with van der Waals surface area (Å²) in [6, 6.07) is 13.3. The van der Waals surface area contributed by atoms with E-state index in [-0.39, 0.29) is 37.3 Å². The molecule has 2 heterocycles. The van der Waals surface area contributed by atoms with Crippen molar-refractivity contribution in [3.05, 3.63) is 65.2 Å². The summed E-state index contributed by atoms with van der Waals surface area (Å²) in [5, 5.41) is 0. The summed E-state index contributed by atoms with van der Waals surface area (Å²) in [4.78, 5) is 54.2. The predicted molar refractivity (Wildman–Crippen MR) is 110 cm³/mol. The van der Waals surface area contributed by atoms with Crippen molar-refractivity contribution in [2.45, 2.75) is 44.0 Å². The number of rotatable bonds is 5. The van der Waals surface area contributed by atoms with Gasteiger partial charge in [-0.2, -0.15) is 0 Å². The van der Waals surface area contributed by atoms with Crippen molar-refractivity contribution in [2.75, 3.05) is 4.90 Å². The Hall–Kier alpha value is -3.68. The SMILES string of the molecule is NC(=O)c1cccc(COC(=O)C23CCC(=O)N2c2ccccc2C(=O)N3C2CC2)c1. The highest BCUT2D eigenvalue weighted by molar-refractivity contribution is 6.15. The third kappa shape index (κ3) is 2.90. The van der Waals surface area contributed by atoms with Crippen molar-refractivity contribution < 1.29 is 23.9 Å². The highest BCUT2D eigenvalue weighted by atomic mass is 16.5. The van der Waals surface area contributed by atoms with Gasteiger partial charge in [-0.05, 0) is 42.7 Å². The van der Waals surface area contributed by atoms with Crippen molar-refractivity contribution in [1.29, 1.82) is 0 Å². The number of primary amides is 1. The van der Waals surface area contributed by atoms with Crippen LogP contribution in [0.25, 0.3) is 0 Å². The van der Waals surface area contributed by atoms with E-state index >= 15 is 0 Å². The van der Waals surface area contributed by atoms with E-state index in [1.165, 1.54) is 4.90 Å². The summed E-state index contributed by atoms with van der Waals surface area (Å²) >= 11 is 0. The molecule has 1 atom stereocenters. The van der Waals surface area contributed by atoms with Gasteiger partial charge in [0.05, 0.1) is 11.3 Å². The standard InChI is InChI=1S/C23H21N3O5/c24-20(28)15-5-3-4-14(12-15)13-31-22(30)23-11-10-19(27)26(23)18-7-2-1-6-17(18)21(29)25(23)16-8-9-16/h1-7,12,16H,8-11,13H2,(H2,24,28). The fraction of sp³-hybridized carbons (Fsp3) is 0.304. The van der Waals surface area contributed by atoms with Crippen molar-refractivity contribution in [2.24, 2.45) is 5.73 Å². The van der Waals surface area contributed by atoms with Gasteiger partial charge in [-0.3, -0.25) is 19.3 Å². The molecular weight excluding hydrogens is 398 g/mol. The van der Waals surface area contributed by atoms with Gasteiger partial charge in [0.25, 0.3) is 5.91 Å². The molecule has 8 nitrogen and oxygen atoms in total. The zero-order chi connectivity index (χ0) is 21.8. The van der Waals surface area contributed by atoms with Gasteiger partial charge in [0, 0.05) is 24.4 Å². The number of para-hydroxylation sites is 1. The zero-order valence-electron chi connectivity index (χ0n) is 16.7. The molecule has 2 aromatic rings. The largest absolute Gasteiger partial charge is 0.458 e. The Balaban J connectivity index is 1.52. The fourth-order valence-corrected chi connectivity index (χ4v) is 4.59. The topological polar surface area (TPSA) is 110 Å². The van der Waals surface area contributed by atoms with Gasteiger partial charge >= 0.3 is 5.97 Å². The van der Waals surface area contributed by atoms with E-state index < -0.39 is 17.5 Å². The number of esters is 1. The Morgan fingerprint density at radius 2 is 1.87 bits per heavy atom. The van der Waals surface area contributed by atoms with E-state index in [0.29, 0.717) is 22.4 Å². The Labute approximate surface area is 178 Å². The van der Waals surface area contributed by atoms with Gasteiger partial charge < -0.3 is 15.4 Å². The van der Waals surface area contributed by atoms with Gasteiger partial charge in [-0.25, -0.2) is 4.79 Å². The van der Waals surface area contributed by atoms with Gasteiger partial charge in [-0.15, -0.1) is 0 Å². The molecule has 0 bridgehead atoms. The second-order valence-corrected chi connectivity index (χ2v) is 8.11. The average Bonchev–Trinajstić information content (AvgIpc) is 3.54. The molecule has 31 heavy (non-hydrogen) atoms. The minimum absolute atomic E-state index is 0.0972. The number of hydrogen-bond donors (Lipinski definition) is 1. The molecule has 2 N–H and O–H groups in total. The maximum atomic E-state index is 13.5. The van der Waals surface area contributed by atoms with E-state index in [1.54, 1.807) is 53.4 Å². The fourth-order valence-electron chi connectivity index (χ4n) is 4.59. The summed E-state index contributed by atoms with van der Waals surface area (Å²) in [5.41, 5.74) is 5.61. The van der Waals surface area contributed by atoms with E-state index in [4.69, 9.17) is 10.5 Å². The van der Waals surface area contributed by atoms with Crippen molar-refractivity contribution in [3.63, 3.8) is 0 Å². The second-order valence-electron chi connectivity index (χ2n) is 8.11. The van der Waals surface area contributed by atoms with Crippen molar-refractivity contribution in [1.82, 2.24) is 4.90 Å². The Morgan fingerprint density at radius 3 is 2.61 bits per heavy atom. The Kier molecular flexibility index (Phi) is 4.32. The van der Waals surface area contributed by atoms with Crippen LogP contribution in [0.4, 0.5) is 5.69 Å². The minimum Gasteiger partial charge on any atom is -0.458 e. The van der Waals surface area contributed by atoms with E-state index in [2.05, 4.69) is 0 Å². The van der Waals surface area contributed by atoms with E-state index in [0.717, 1.165) is 12.8 Å². The minimum atomic E-state index is -1.48. The molecule has 5 rings (SSSR count). The Bertz CT molecular complexity index is 1130. The number of anilines is 1. The molecule has 0 radical (unpaired) electrons. The number of nitrogens with zero attached hydrogens (tertiary/aromatic N) is 2. The van der Waals surface area contributed by atoms with Crippen LogP contribution < -0.4 is 10.6 Å². The first-order chi connectivity index (χ1) is 14.9. The molecule has 3 aliphatic rings. The van der Waals surface area contributed by atoms with Crippen LogP contribution in [-0.2, 0) is 20.9 Å². The van der Waals surface area contributed by atoms with Crippen LogP contribution in [0.5, 0.6) is 0 Å². The maximum Gasteiger partial charge on any atom is 0.354 e. The summed E-state index contributed by atoms with van der Waals surface area (Å²) in [5.74, 6) is -1.68. The lowest BCUT2D eigenvalue weighted by Crippen LogP contribution is -2.69. The molecule has 158 valence electrons. The lowest BCUT2D eigenvalue weighted by atomic mass is 9.96. The van der Waals surface area contributed by atoms with Crippen molar-refractivity contribution in [3.8, 4) is 0 Å². The van der Waals surface area contributed by atoms with Crippen LogP contribution >= 0.6 is 0 Å². The van der Waals surface area contributed by atoms with Crippen LogP contribution in [0.3, 0.4) is 0 Å². The van der Waals surface area contributed by atoms with Crippen molar-refractivity contribution >= 4 is 29.4 Å². The van der Waals surface area contributed by atoms with E-state index in [1.807, 2.05) is 0 Å². The molecule has 0 aromatic heterocycles. The van der Waals surface area contributed by atoms with Gasteiger partial charge in [0.15, 0.2) is 0 Å². The molecule has 2 aliphatic heterocycles. The first-order valence-corrected chi connectivity index (χ1v) is 10.3. The smallest absolute Gasteiger partial charge is 0.354 e. The molecule has 1 aliphatic carbocycles. The predicted octanol–water partition coefficient (Wildman–Crippen LogP) is 1.97. The summed E-state index contributed by atoms with van der Waals surface area (Å²) in [7, 11) is 0. The number of carbonyl (C=O) groups excluding carboxylic acids is 4. The number of ether oxygens (including phenoxy) is 1. The number of carbonyl (C=O) groups is 4. The first kappa shape index (κ1) is 19.3. The quantitative estimate of drug-likeness (QED) is 0.745. The number of hydrogen-bond acceptors (Lipinski definition) is 5. The van der Waals surface area contributed by atoms with Crippen LogP contribution in [0.15, 0.2) is 48.5 Å². The third-order valence-electron chi connectivity index (χ3n) is 6.12. The zero-order valence-corrected chi connectivity index (χ0v) is 16.7. The third-order valence-corrected chi connectivity index (χ3v) is 6.12. The lowest BCUT2D eigenvalue weighted by molar-refractivity contribution is -0.159. The number of amides is 3. The first-order valence-electron chi connectivity index (χ1n) is 10.3. The van der Waals surface area contributed by atoms with Crippen LogP contribution in [-0.4, -0.2) is 40.3 Å². The van der Waals surface area contributed by atoms with E-state index in [9.17, 15) is 19.2 Å². The summed E-state index contributed by atoms with van der Waals surface area (Å²) < 4.78 is 5.65. The highest BCUT2D eigenvalue weighted by Gasteiger charge is 2.64. The summed E-state index contributed by atoms with van der Waals surface area (Å²) in [6.07, 6.45) is 1.90. The normalized spacial score (nSPS) is 22.2. The molecule has 0 spiro atoms. The molecule has 1 unspecified atom stereocenters. The number of fused-ring (bicyclic) bond motifs is 3. The molecule has 2 fully saturated rings. The van der Waals surface area contributed by atoms with Gasteiger partial charge in [0.2, 0.25) is 17.5 Å². The maximum absolute atomic E-state index is 13.5. The molecule has 8 heteroatoms. The monoisotopic (exact) mass is 419 g/mol. The van der Waals surface area contributed by atoms with Gasteiger partial charge in [0.1, 0.15) is 6.61 Å². The highest BCUT2D eigenvalue weighted by Crippen LogP contribution is 2.49. The Morgan fingerprint density at radius 1 is 1.10 bits per heavy atom. The molecular formula is C23H21N3O5. The van der Waals surface area contributed by atoms with Crippen LogP contribution in [0, 0.1) is 0 Å². The number of benzene rings is 2. The van der Waals surface area contributed by atoms with Crippen LogP contribution in [0.1, 0.15) is 52.0 Å². The van der Waals surface area contributed by atoms with Crippen LogP contribution in [0.2, 0.25) is 0 Å². The molecule has 1 saturated carbocycles. The molecule has 2 aromatic carbocycles. The van der Waals surface area contributed by atoms with Gasteiger partial charge in [-0.1, -0.05) is 24.3 Å². The second kappa shape index (κ2) is 6.94. The summed E-state index contributed by atoms with van der Waals surface area (Å²) in [6.45, 7) is -0.0991. The number of nitrogens with two attached hydrogens (primary N) is 1. The lowest BCUT2D eigenvalue weighted by Gasteiger charge is -2.48. The molecule has 1 saturated heterocycles. The molecule has 3 amide bonds. The average molecular weight is 419 g/mol.